The summed E-state index contributed by atoms with van der Waals surface area (Å²) in [6.45, 7) is 10.5. The minimum Gasteiger partial charge on any atom is -0.308 e. The summed E-state index contributed by atoms with van der Waals surface area (Å²) in [7, 11) is 0. The predicted molar refractivity (Wildman–Crippen MR) is 89.4 cm³/mol. The van der Waals surface area contributed by atoms with E-state index in [9.17, 15) is 0 Å². The predicted octanol–water partition coefficient (Wildman–Crippen LogP) is 3.78. The van der Waals surface area contributed by atoms with Crippen LogP contribution < -0.4 is 5.32 Å². The molecule has 0 aliphatic carbocycles. The molecule has 1 fully saturated rings. The fourth-order valence-corrected chi connectivity index (χ4v) is 3.90. The van der Waals surface area contributed by atoms with Crippen molar-refractivity contribution in [2.24, 2.45) is 0 Å². The Morgan fingerprint density at radius 1 is 1.24 bits per heavy atom. The molecule has 0 radical (unpaired) electrons. The average Bonchev–Trinajstić information content (AvgIpc) is 3.07. The number of nitrogens with zero attached hydrogens (tertiary/aromatic N) is 2. The number of pyridine rings is 1. The lowest BCUT2D eigenvalue weighted by molar-refractivity contribution is 0.0615. The second-order valence-electron chi connectivity index (χ2n) is 6.18. The van der Waals surface area contributed by atoms with Crippen molar-refractivity contribution >= 4 is 0 Å². The molecule has 1 aliphatic rings. The first-order valence-electron chi connectivity index (χ1n) is 8.66. The van der Waals surface area contributed by atoms with Crippen LogP contribution in [0.1, 0.15) is 64.5 Å². The number of nitrogens with one attached hydrogen (secondary N) is 1. The van der Waals surface area contributed by atoms with E-state index in [2.05, 4.69) is 48.1 Å². The Bertz CT molecular complexity index is 394. The summed E-state index contributed by atoms with van der Waals surface area (Å²) in [6.07, 6.45) is 10.1. The minimum absolute atomic E-state index is 0.217. The van der Waals surface area contributed by atoms with Crippen LogP contribution in [-0.2, 0) is 0 Å². The number of likely N-dealkylation sites (tertiary alicyclic amines) is 1. The third kappa shape index (κ3) is 3.46. The Morgan fingerprint density at radius 2 is 1.95 bits per heavy atom. The highest BCUT2D eigenvalue weighted by molar-refractivity contribution is 5.20. The number of rotatable bonds is 8. The molecule has 3 heteroatoms. The van der Waals surface area contributed by atoms with Crippen molar-refractivity contribution in [3.63, 3.8) is 0 Å². The molecule has 0 aromatic carbocycles. The summed E-state index contributed by atoms with van der Waals surface area (Å²) in [4.78, 5) is 7.09. The molecule has 1 aliphatic heterocycles. The fraction of sp³-hybridized carbons (Fsp3) is 0.722. The lowest BCUT2D eigenvalue weighted by Gasteiger charge is -2.47. The third-order valence-electron chi connectivity index (χ3n) is 5.11. The maximum atomic E-state index is 4.36. The number of hydrogen-bond acceptors (Lipinski definition) is 3. The molecule has 0 spiro atoms. The van der Waals surface area contributed by atoms with Crippen LogP contribution in [0.3, 0.4) is 0 Å². The van der Waals surface area contributed by atoms with E-state index in [1.807, 2.05) is 12.4 Å². The summed E-state index contributed by atoms with van der Waals surface area (Å²) in [6, 6.07) is 4.67. The number of aromatic nitrogens is 1. The highest BCUT2D eigenvalue weighted by Gasteiger charge is 2.42. The molecule has 2 heterocycles. The normalized spacial score (nSPS) is 18.0. The van der Waals surface area contributed by atoms with Crippen LogP contribution in [0.5, 0.6) is 0 Å². The van der Waals surface area contributed by atoms with E-state index in [0.717, 1.165) is 6.54 Å². The maximum Gasteiger partial charge on any atom is 0.0522 e. The van der Waals surface area contributed by atoms with Gasteiger partial charge in [-0.25, -0.2) is 0 Å². The van der Waals surface area contributed by atoms with Gasteiger partial charge in [-0.15, -0.1) is 0 Å². The molecule has 1 aromatic rings. The smallest absolute Gasteiger partial charge is 0.0522 e. The van der Waals surface area contributed by atoms with Gasteiger partial charge in [-0.05, 0) is 63.4 Å². The van der Waals surface area contributed by atoms with Crippen LogP contribution in [-0.4, -0.2) is 35.1 Å². The zero-order valence-corrected chi connectivity index (χ0v) is 13.9. The molecular formula is C18H31N3. The maximum absolute atomic E-state index is 4.36. The van der Waals surface area contributed by atoms with Crippen molar-refractivity contribution in [2.45, 2.75) is 64.5 Å². The van der Waals surface area contributed by atoms with Gasteiger partial charge >= 0.3 is 0 Å². The van der Waals surface area contributed by atoms with Crippen molar-refractivity contribution < 1.29 is 0 Å². The van der Waals surface area contributed by atoms with Gasteiger partial charge in [0, 0.05) is 17.9 Å². The Labute approximate surface area is 130 Å². The second-order valence-corrected chi connectivity index (χ2v) is 6.18. The first-order valence-corrected chi connectivity index (χ1v) is 8.66. The Kier molecular flexibility index (Phi) is 6.19. The molecular weight excluding hydrogens is 258 g/mol. The monoisotopic (exact) mass is 289 g/mol. The molecule has 0 amide bonds. The Balaban J connectivity index is 2.34. The highest BCUT2D eigenvalue weighted by Crippen LogP contribution is 2.39. The molecule has 118 valence electrons. The summed E-state index contributed by atoms with van der Waals surface area (Å²) in [5.41, 5.74) is 1.55. The summed E-state index contributed by atoms with van der Waals surface area (Å²) in [5, 5.41) is 3.82. The number of hydrogen-bond donors (Lipinski definition) is 1. The molecule has 3 nitrogen and oxygen atoms in total. The van der Waals surface area contributed by atoms with Crippen LogP contribution in [0.25, 0.3) is 0 Å². The van der Waals surface area contributed by atoms with Crippen molar-refractivity contribution in [3.8, 4) is 0 Å². The second kappa shape index (κ2) is 7.90. The van der Waals surface area contributed by atoms with Gasteiger partial charge in [-0.2, -0.15) is 0 Å². The molecule has 1 unspecified atom stereocenters. The molecule has 1 aromatic heterocycles. The molecule has 1 N–H and O–H groups in total. The largest absolute Gasteiger partial charge is 0.308 e. The van der Waals surface area contributed by atoms with Crippen LogP contribution in [0.2, 0.25) is 0 Å². The lowest BCUT2D eigenvalue weighted by atomic mass is 9.79. The third-order valence-corrected chi connectivity index (χ3v) is 5.11. The standard InChI is InChI=1S/C18H31N3/c1-4-11-20-17(16-10-9-12-19-15-16)18(5-2,6-3)21-13-7-8-14-21/h9-10,12,15,17,20H,4-8,11,13-14H2,1-3H3. The SMILES string of the molecule is CCCNC(c1cccnc1)C(CC)(CC)N1CCCC1. The molecule has 1 atom stereocenters. The molecule has 0 saturated carbocycles. The van der Waals surface area contributed by atoms with Gasteiger partial charge < -0.3 is 5.32 Å². The van der Waals surface area contributed by atoms with Gasteiger partial charge in [0.25, 0.3) is 0 Å². The van der Waals surface area contributed by atoms with Crippen LogP contribution in [0.4, 0.5) is 0 Å². The van der Waals surface area contributed by atoms with Gasteiger partial charge in [-0.1, -0.05) is 26.8 Å². The van der Waals surface area contributed by atoms with E-state index in [-0.39, 0.29) is 5.54 Å². The topological polar surface area (TPSA) is 28.2 Å². The lowest BCUT2D eigenvalue weighted by Crippen LogP contribution is -2.55. The van der Waals surface area contributed by atoms with Gasteiger partial charge in [0.2, 0.25) is 0 Å². The molecule has 0 bridgehead atoms. The van der Waals surface area contributed by atoms with E-state index < -0.39 is 0 Å². The van der Waals surface area contributed by atoms with E-state index in [1.165, 1.54) is 50.8 Å². The van der Waals surface area contributed by atoms with Gasteiger partial charge in [0.1, 0.15) is 0 Å². The van der Waals surface area contributed by atoms with Crippen molar-refractivity contribution in [1.82, 2.24) is 15.2 Å². The van der Waals surface area contributed by atoms with Crippen LogP contribution in [0.15, 0.2) is 24.5 Å². The van der Waals surface area contributed by atoms with Crippen molar-refractivity contribution in [1.29, 1.82) is 0 Å². The molecule has 1 saturated heterocycles. The minimum atomic E-state index is 0.217. The Hall–Kier alpha value is -0.930. The summed E-state index contributed by atoms with van der Waals surface area (Å²) >= 11 is 0. The van der Waals surface area contributed by atoms with Gasteiger partial charge in [-0.3, -0.25) is 9.88 Å². The summed E-state index contributed by atoms with van der Waals surface area (Å²) < 4.78 is 0. The zero-order valence-electron chi connectivity index (χ0n) is 13.9. The van der Waals surface area contributed by atoms with Crippen molar-refractivity contribution in [2.75, 3.05) is 19.6 Å². The molecule has 2 rings (SSSR count). The van der Waals surface area contributed by atoms with Gasteiger partial charge in [0.05, 0.1) is 6.04 Å². The van der Waals surface area contributed by atoms with Gasteiger partial charge in [0.15, 0.2) is 0 Å². The van der Waals surface area contributed by atoms with Crippen LogP contribution >= 0.6 is 0 Å². The average molecular weight is 289 g/mol. The summed E-state index contributed by atoms with van der Waals surface area (Å²) in [5.74, 6) is 0. The molecule has 21 heavy (non-hydrogen) atoms. The van der Waals surface area contributed by atoms with Crippen LogP contribution in [0, 0.1) is 0 Å². The first-order chi connectivity index (χ1) is 10.3. The van der Waals surface area contributed by atoms with E-state index in [1.54, 1.807) is 0 Å². The van der Waals surface area contributed by atoms with Crippen molar-refractivity contribution in [3.05, 3.63) is 30.1 Å². The zero-order chi connectivity index (χ0) is 15.1. The first kappa shape index (κ1) is 16.4. The van der Waals surface area contributed by atoms with E-state index in [0.29, 0.717) is 6.04 Å². The van der Waals surface area contributed by atoms with E-state index in [4.69, 9.17) is 0 Å². The van der Waals surface area contributed by atoms with E-state index >= 15 is 0 Å². The highest BCUT2D eigenvalue weighted by atomic mass is 15.2. The quantitative estimate of drug-likeness (QED) is 0.789. The Morgan fingerprint density at radius 3 is 2.48 bits per heavy atom. The fourth-order valence-electron chi connectivity index (χ4n) is 3.90.